The van der Waals surface area contributed by atoms with Gasteiger partial charge in [-0.15, -0.1) is 0 Å². The number of nitrogens with zero attached hydrogens (tertiary/aromatic N) is 4. The average Bonchev–Trinajstić information content (AvgIpc) is 3.27. The van der Waals surface area contributed by atoms with Crippen molar-refractivity contribution < 1.29 is 8.91 Å². The van der Waals surface area contributed by atoms with E-state index in [9.17, 15) is 4.39 Å². The maximum absolute atomic E-state index is 13.0. The van der Waals surface area contributed by atoms with Crippen LogP contribution in [0.1, 0.15) is 23.8 Å². The lowest BCUT2D eigenvalue weighted by molar-refractivity contribution is 0.309. The van der Waals surface area contributed by atoms with Gasteiger partial charge in [0.1, 0.15) is 5.82 Å². The Balaban J connectivity index is 1.42. The highest BCUT2D eigenvalue weighted by molar-refractivity contribution is 5.51. The van der Waals surface area contributed by atoms with Gasteiger partial charge in [0.25, 0.3) is 0 Å². The summed E-state index contributed by atoms with van der Waals surface area (Å²) in [4.78, 5) is 10.9. The number of halogens is 1. The fourth-order valence-corrected chi connectivity index (χ4v) is 3.04. The molecule has 2 aromatic heterocycles. The number of likely N-dealkylation sites (tertiary alicyclic amines) is 1. The first-order valence-electron chi connectivity index (χ1n) is 7.99. The first kappa shape index (κ1) is 15.0. The van der Waals surface area contributed by atoms with Crippen LogP contribution in [0, 0.1) is 5.82 Å². The van der Waals surface area contributed by atoms with Gasteiger partial charge in [-0.1, -0.05) is 17.3 Å². The topological polar surface area (TPSA) is 55.1 Å². The van der Waals surface area contributed by atoms with Crippen LogP contribution in [0.2, 0.25) is 0 Å². The van der Waals surface area contributed by atoms with E-state index in [1.54, 1.807) is 12.4 Å². The zero-order chi connectivity index (χ0) is 16.4. The summed E-state index contributed by atoms with van der Waals surface area (Å²) in [6.07, 6.45) is 4.43. The Morgan fingerprint density at radius 3 is 2.88 bits per heavy atom. The van der Waals surface area contributed by atoms with Crippen molar-refractivity contribution in [2.75, 3.05) is 13.1 Å². The molecule has 0 N–H and O–H groups in total. The summed E-state index contributed by atoms with van der Waals surface area (Å²) in [5.74, 6) is 1.29. The van der Waals surface area contributed by atoms with Gasteiger partial charge in [0.05, 0.1) is 5.92 Å². The zero-order valence-corrected chi connectivity index (χ0v) is 13.1. The fourth-order valence-electron chi connectivity index (χ4n) is 3.04. The van der Waals surface area contributed by atoms with E-state index in [0.29, 0.717) is 11.7 Å². The molecule has 0 radical (unpaired) electrons. The normalized spacial score (nSPS) is 18.1. The summed E-state index contributed by atoms with van der Waals surface area (Å²) in [5.41, 5.74) is 1.97. The molecule has 122 valence electrons. The summed E-state index contributed by atoms with van der Waals surface area (Å²) in [6, 6.07) is 10.4. The van der Waals surface area contributed by atoms with Crippen LogP contribution >= 0.6 is 0 Å². The molecular formula is C18H17FN4O. The first-order chi connectivity index (χ1) is 11.8. The van der Waals surface area contributed by atoms with E-state index in [2.05, 4.69) is 20.0 Å². The molecule has 1 aliphatic rings. The van der Waals surface area contributed by atoms with Crippen molar-refractivity contribution in [1.82, 2.24) is 20.0 Å². The van der Waals surface area contributed by atoms with Crippen molar-refractivity contribution in [3.8, 4) is 11.4 Å². The number of pyridine rings is 1. The van der Waals surface area contributed by atoms with Crippen LogP contribution in [0.5, 0.6) is 0 Å². The van der Waals surface area contributed by atoms with Gasteiger partial charge >= 0.3 is 0 Å². The largest absolute Gasteiger partial charge is 0.339 e. The van der Waals surface area contributed by atoms with E-state index >= 15 is 0 Å². The van der Waals surface area contributed by atoms with Gasteiger partial charge in [0, 0.05) is 31.0 Å². The van der Waals surface area contributed by atoms with Gasteiger partial charge in [0.2, 0.25) is 11.7 Å². The maximum atomic E-state index is 13.0. The highest BCUT2D eigenvalue weighted by Crippen LogP contribution is 2.28. The first-order valence-corrected chi connectivity index (χ1v) is 7.99. The van der Waals surface area contributed by atoms with Crippen LogP contribution < -0.4 is 0 Å². The van der Waals surface area contributed by atoms with Crippen molar-refractivity contribution >= 4 is 0 Å². The van der Waals surface area contributed by atoms with Crippen LogP contribution in [0.25, 0.3) is 11.4 Å². The summed E-state index contributed by atoms with van der Waals surface area (Å²) >= 11 is 0. The molecule has 3 heterocycles. The summed E-state index contributed by atoms with van der Waals surface area (Å²) < 4.78 is 18.4. The SMILES string of the molecule is Fc1ccc(CN2CC[C@@H](c3nc(-c4cccnc4)no3)C2)cc1. The zero-order valence-electron chi connectivity index (χ0n) is 13.1. The number of hydrogen-bond acceptors (Lipinski definition) is 5. The molecule has 24 heavy (non-hydrogen) atoms. The molecule has 6 heteroatoms. The standard InChI is InChI=1S/C18H17FN4O/c19-16-5-3-13(4-6-16)11-23-9-7-15(12-23)18-21-17(22-24-18)14-2-1-8-20-10-14/h1-6,8,10,15H,7,9,11-12H2/t15-/m1/s1. The lowest BCUT2D eigenvalue weighted by Gasteiger charge is -2.15. The Bertz CT molecular complexity index is 803. The van der Waals surface area contributed by atoms with Crippen LogP contribution in [0.4, 0.5) is 4.39 Å². The molecule has 3 aromatic rings. The van der Waals surface area contributed by atoms with Gasteiger partial charge < -0.3 is 4.52 Å². The average molecular weight is 324 g/mol. The minimum atomic E-state index is -0.202. The molecule has 0 spiro atoms. The van der Waals surface area contributed by atoms with Crippen LogP contribution in [0.15, 0.2) is 53.3 Å². The number of aromatic nitrogens is 3. The van der Waals surface area contributed by atoms with E-state index in [1.165, 1.54) is 12.1 Å². The van der Waals surface area contributed by atoms with Gasteiger partial charge in [-0.3, -0.25) is 9.88 Å². The highest BCUT2D eigenvalue weighted by atomic mass is 19.1. The highest BCUT2D eigenvalue weighted by Gasteiger charge is 2.28. The monoisotopic (exact) mass is 324 g/mol. The molecule has 1 fully saturated rings. The lowest BCUT2D eigenvalue weighted by Crippen LogP contribution is -2.19. The predicted molar refractivity (Wildman–Crippen MR) is 86.6 cm³/mol. The Kier molecular flexibility index (Phi) is 4.04. The van der Waals surface area contributed by atoms with Gasteiger partial charge in [-0.25, -0.2) is 4.39 Å². The molecule has 1 atom stereocenters. The molecular weight excluding hydrogens is 307 g/mol. The van der Waals surface area contributed by atoms with Gasteiger partial charge in [-0.2, -0.15) is 4.98 Å². The van der Waals surface area contributed by atoms with E-state index in [0.717, 1.165) is 37.2 Å². The second-order valence-electron chi connectivity index (χ2n) is 6.05. The van der Waals surface area contributed by atoms with Gasteiger partial charge in [-0.05, 0) is 42.8 Å². The Labute approximate surface area is 139 Å². The molecule has 1 saturated heterocycles. The second kappa shape index (κ2) is 6.49. The summed E-state index contributed by atoms with van der Waals surface area (Å²) in [6.45, 7) is 2.64. The second-order valence-corrected chi connectivity index (χ2v) is 6.05. The third kappa shape index (κ3) is 3.19. The molecule has 0 amide bonds. The predicted octanol–water partition coefficient (Wildman–Crippen LogP) is 3.26. The van der Waals surface area contributed by atoms with Crippen molar-refractivity contribution in [3.63, 3.8) is 0 Å². The van der Waals surface area contributed by atoms with E-state index < -0.39 is 0 Å². The van der Waals surface area contributed by atoms with Gasteiger partial charge in [0.15, 0.2) is 0 Å². The van der Waals surface area contributed by atoms with E-state index in [1.807, 2.05) is 24.3 Å². The smallest absolute Gasteiger partial charge is 0.231 e. The number of benzene rings is 1. The molecule has 0 aliphatic carbocycles. The minimum absolute atomic E-state index is 0.202. The van der Waals surface area contributed by atoms with Crippen LogP contribution in [-0.4, -0.2) is 33.1 Å². The molecule has 5 nitrogen and oxygen atoms in total. The maximum Gasteiger partial charge on any atom is 0.231 e. The Morgan fingerprint density at radius 2 is 2.08 bits per heavy atom. The fraction of sp³-hybridized carbons (Fsp3) is 0.278. The number of hydrogen-bond donors (Lipinski definition) is 0. The van der Waals surface area contributed by atoms with Crippen molar-refractivity contribution in [3.05, 3.63) is 66.1 Å². The molecule has 1 aromatic carbocycles. The Morgan fingerprint density at radius 1 is 1.21 bits per heavy atom. The molecule has 1 aliphatic heterocycles. The van der Waals surface area contributed by atoms with Crippen molar-refractivity contribution in [2.45, 2.75) is 18.9 Å². The molecule has 4 rings (SSSR count). The van der Waals surface area contributed by atoms with Crippen molar-refractivity contribution in [1.29, 1.82) is 0 Å². The molecule has 0 unspecified atom stereocenters. The summed E-state index contributed by atoms with van der Waals surface area (Å²) in [5, 5.41) is 4.06. The third-order valence-electron chi connectivity index (χ3n) is 4.30. The summed E-state index contributed by atoms with van der Waals surface area (Å²) in [7, 11) is 0. The lowest BCUT2D eigenvalue weighted by atomic mass is 10.1. The minimum Gasteiger partial charge on any atom is -0.339 e. The van der Waals surface area contributed by atoms with Crippen LogP contribution in [0.3, 0.4) is 0 Å². The van der Waals surface area contributed by atoms with Crippen LogP contribution in [-0.2, 0) is 6.54 Å². The van der Waals surface area contributed by atoms with Crippen molar-refractivity contribution in [2.24, 2.45) is 0 Å². The molecule has 0 saturated carbocycles. The third-order valence-corrected chi connectivity index (χ3v) is 4.30. The molecule has 0 bridgehead atoms. The number of rotatable bonds is 4. The quantitative estimate of drug-likeness (QED) is 0.737. The van der Waals surface area contributed by atoms with E-state index in [-0.39, 0.29) is 11.7 Å². The van der Waals surface area contributed by atoms with E-state index in [4.69, 9.17) is 4.52 Å². The Hall–Kier alpha value is -2.60.